The SMILES string of the molecule is C=C[C@H]1C[C@@H](/C=C/CO)c2ccccc21. The first-order chi connectivity index (χ1) is 7.36. The van der Waals surface area contributed by atoms with Crippen molar-refractivity contribution in [2.24, 2.45) is 0 Å². The van der Waals surface area contributed by atoms with Crippen LogP contribution in [0, 0.1) is 0 Å². The lowest BCUT2D eigenvalue weighted by Crippen LogP contribution is -1.88. The lowest BCUT2D eigenvalue weighted by molar-refractivity contribution is 0.342. The van der Waals surface area contributed by atoms with Gasteiger partial charge in [-0.3, -0.25) is 0 Å². The molecular weight excluding hydrogens is 184 g/mol. The van der Waals surface area contributed by atoms with Crippen molar-refractivity contribution in [3.8, 4) is 0 Å². The van der Waals surface area contributed by atoms with Crippen LogP contribution in [0.2, 0.25) is 0 Å². The number of allylic oxidation sites excluding steroid dienone is 2. The van der Waals surface area contributed by atoms with E-state index in [-0.39, 0.29) is 6.61 Å². The zero-order valence-electron chi connectivity index (χ0n) is 8.76. The highest BCUT2D eigenvalue weighted by atomic mass is 16.2. The molecule has 0 aliphatic heterocycles. The van der Waals surface area contributed by atoms with E-state index in [9.17, 15) is 0 Å². The normalized spacial score (nSPS) is 24.3. The van der Waals surface area contributed by atoms with Crippen molar-refractivity contribution in [2.45, 2.75) is 18.3 Å². The van der Waals surface area contributed by atoms with Crippen molar-refractivity contribution in [2.75, 3.05) is 6.61 Å². The van der Waals surface area contributed by atoms with Gasteiger partial charge in [-0.25, -0.2) is 0 Å². The summed E-state index contributed by atoms with van der Waals surface area (Å²) in [5, 5.41) is 8.79. The second-order valence-corrected chi connectivity index (χ2v) is 3.92. The van der Waals surface area contributed by atoms with E-state index in [1.165, 1.54) is 11.1 Å². The fourth-order valence-corrected chi connectivity index (χ4v) is 2.34. The van der Waals surface area contributed by atoms with Crippen molar-refractivity contribution in [3.63, 3.8) is 0 Å². The molecule has 1 aromatic carbocycles. The molecule has 1 N–H and O–H groups in total. The van der Waals surface area contributed by atoms with Crippen LogP contribution in [0.4, 0.5) is 0 Å². The van der Waals surface area contributed by atoms with Gasteiger partial charge in [-0.15, -0.1) is 6.58 Å². The van der Waals surface area contributed by atoms with E-state index in [1.54, 1.807) is 0 Å². The van der Waals surface area contributed by atoms with Gasteiger partial charge < -0.3 is 5.11 Å². The first-order valence-electron chi connectivity index (χ1n) is 5.35. The Morgan fingerprint density at radius 3 is 2.53 bits per heavy atom. The number of fused-ring (bicyclic) bond motifs is 1. The molecule has 1 aromatic rings. The Labute approximate surface area is 90.8 Å². The lowest BCUT2D eigenvalue weighted by Gasteiger charge is -2.04. The van der Waals surface area contributed by atoms with Crippen LogP contribution in [0.1, 0.15) is 29.4 Å². The van der Waals surface area contributed by atoms with Crippen LogP contribution >= 0.6 is 0 Å². The van der Waals surface area contributed by atoms with Crippen molar-refractivity contribution in [1.29, 1.82) is 0 Å². The Bertz CT molecular complexity index is 379. The van der Waals surface area contributed by atoms with Gasteiger partial charge in [0, 0.05) is 11.8 Å². The molecule has 0 bridgehead atoms. The van der Waals surface area contributed by atoms with Crippen molar-refractivity contribution in [3.05, 3.63) is 60.2 Å². The maximum absolute atomic E-state index is 8.79. The van der Waals surface area contributed by atoms with Crippen molar-refractivity contribution >= 4 is 0 Å². The first-order valence-corrected chi connectivity index (χ1v) is 5.35. The Balaban J connectivity index is 2.33. The Morgan fingerprint density at radius 2 is 1.93 bits per heavy atom. The Kier molecular flexibility index (Phi) is 3.02. The third-order valence-electron chi connectivity index (χ3n) is 3.06. The number of hydrogen-bond acceptors (Lipinski definition) is 1. The number of aliphatic hydroxyl groups is 1. The molecule has 1 nitrogen and oxygen atoms in total. The number of rotatable bonds is 3. The fraction of sp³-hybridized carbons (Fsp3) is 0.286. The summed E-state index contributed by atoms with van der Waals surface area (Å²) in [6, 6.07) is 8.50. The molecule has 15 heavy (non-hydrogen) atoms. The first kappa shape index (κ1) is 10.2. The molecule has 0 unspecified atom stereocenters. The number of hydrogen-bond donors (Lipinski definition) is 1. The summed E-state index contributed by atoms with van der Waals surface area (Å²) >= 11 is 0. The van der Waals surface area contributed by atoms with E-state index in [0.29, 0.717) is 11.8 Å². The molecule has 0 saturated heterocycles. The predicted octanol–water partition coefficient (Wildman–Crippen LogP) is 2.99. The molecule has 0 fully saturated rings. The van der Waals surface area contributed by atoms with E-state index in [2.05, 4.69) is 36.9 Å². The molecule has 0 spiro atoms. The van der Waals surface area contributed by atoms with Gasteiger partial charge in [0.15, 0.2) is 0 Å². The van der Waals surface area contributed by atoms with Crippen molar-refractivity contribution < 1.29 is 5.11 Å². The van der Waals surface area contributed by atoms with Gasteiger partial charge in [-0.05, 0) is 17.5 Å². The van der Waals surface area contributed by atoms with Gasteiger partial charge in [0.2, 0.25) is 0 Å². The molecule has 1 aliphatic rings. The smallest absolute Gasteiger partial charge is 0.0612 e. The summed E-state index contributed by atoms with van der Waals surface area (Å²) in [7, 11) is 0. The number of benzene rings is 1. The maximum atomic E-state index is 8.79. The quantitative estimate of drug-likeness (QED) is 0.744. The summed E-state index contributed by atoms with van der Waals surface area (Å²) in [6.45, 7) is 4.01. The minimum Gasteiger partial charge on any atom is -0.392 e. The highest BCUT2D eigenvalue weighted by molar-refractivity contribution is 5.42. The van der Waals surface area contributed by atoms with Crippen LogP contribution in [0.15, 0.2) is 49.1 Å². The fourth-order valence-electron chi connectivity index (χ4n) is 2.34. The highest BCUT2D eigenvalue weighted by Crippen LogP contribution is 2.42. The van der Waals surface area contributed by atoms with Crippen LogP contribution in [0.5, 0.6) is 0 Å². The van der Waals surface area contributed by atoms with E-state index < -0.39 is 0 Å². The predicted molar refractivity (Wildman–Crippen MR) is 63.0 cm³/mol. The second kappa shape index (κ2) is 4.45. The average molecular weight is 200 g/mol. The molecule has 2 atom stereocenters. The van der Waals surface area contributed by atoms with Gasteiger partial charge in [0.05, 0.1) is 6.61 Å². The Hall–Kier alpha value is -1.34. The summed E-state index contributed by atoms with van der Waals surface area (Å²) < 4.78 is 0. The molecule has 0 radical (unpaired) electrons. The lowest BCUT2D eigenvalue weighted by atomic mass is 10.0. The molecule has 0 amide bonds. The van der Waals surface area contributed by atoms with Gasteiger partial charge >= 0.3 is 0 Å². The molecule has 2 rings (SSSR count). The van der Waals surface area contributed by atoms with Crippen LogP contribution in [-0.4, -0.2) is 11.7 Å². The average Bonchev–Trinajstić information content (AvgIpc) is 2.65. The monoisotopic (exact) mass is 200 g/mol. The van der Waals surface area contributed by atoms with E-state index in [4.69, 9.17) is 5.11 Å². The minimum absolute atomic E-state index is 0.122. The summed E-state index contributed by atoms with van der Waals surface area (Å²) in [4.78, 5) is 0. The standard InChI is InChI=1S/C14H16O/c1-2-11-10-12(6-5-9-15)14-8-4-3-7-13(11)14/h2-8,11-12,15H,1,9-10H2/b6-5+/t11-,12+/m0/s1. The van der Waals surface area contributed by atoms with E-state index in [1.807, 2.05) is 12.2 Å². The van der Waals surface area contributed by atoms with Gasteiger partial charge in [0.25, 0.3) is 0 Å². The summed E-state index contributed by atoms with van der Waals surface area (Å²) in [5.41, 5.74) is 2.77. The molecule has 78 valence electrons. The van der Waals surface area contributed by atoms with Gasteiger partial charge in [0.1, 0.15) is 0 Å². The van der Waals surface area contributed by atoms with Crippen LogP contribution < -0.4 is 0 Å². The third-order valence-corrected chi connectivity index (χ3v) is 3.06. The summed E-state index contributed by atoms with van der Waals surface area (Å²) in [5.74, 6) is 0.908. The molecule has 1 aliphatic carbocycles. The van der Waals surface area contributed by atoms with Crippen molar-refractivity contribution in [1.82, 2.24) is 0 Å². The second-order valence-electron chi connectivity index (χ2n) is 3.92. The topological polar surface area (TPSA) is 20.2 Å². The Morgan fingerprint density at radius 1 is 1.27 bits per heavy atom. The van der Waals surface area contributed by atoms with E-state index in [0.717, 1.165) is 6.42 Å². The van der Waals surface area contributed by atoms with Gasteiger partial charge in [-0.2, -0.15) is 0 Å². The third kappa shape index (κ3) is 1.88. The van der Waals surface area contributed by atoms with Crippen LogP contribution in [0.3, 0.4) is 0 Å². The maximum Gasteiger partial charge on any atom is 0.0612 e. The minimum atomic E-state index is 0.122. The molecular formula is C14H16O. The molecule has 1 heteroatoms. The van der Waals surface area contributed by atoms with Crippen LogP contribution in [-0.2, 0) is 0 Å². The highest BCUT2D eigenvalue weighted by Gasteiger charge is 2.26. The zero-order valence-corrected chi connectivity index (χ0v) is 8.76. The number of aliphatic hydroxyl groups excluding tert-OH is 1. The largest absolute Gasteiger partial charge is 0.392 e. The molecule has 0 aromatic heterocycles. The van der Waals surface area contributed by atoms with Crippen LogP contribution in [0.25, 0.3) is 0 Å². The summed E-state index contributed by atoms with van der Waals surface area (Å²) in [6.07, 6.45) is 7.03. The zero-order chi connectivity index (χ0) is 10.7. The molecule has 0 saturated carbocycles. The molecule has 0 heterocycles. The van der Waals surface area contributed by atoms with E-state index >= 15 is 0 Å². The van der Waals surface area contributed by atoms with Gasteiger partial charge in [-0.1, -0.05) is 42.5 Å².